The number of alkyl halides is 3. The van der Waals surface area contributed by atoms with Crippen LogP contribution in [0.2, 0.25) is 0 Å². The first-order chi connectivity index (χ1) is 6.06. The minimum atomic E-state index is -2.49. The van der Waals surface area contributed by atoms with E-state index >= 15 is 0 Å². The van der Waals surface area contributed by atoms with E-state index in [-0.39, 0.29) is 11.4 Å². The molecule has 13 heavy (non-hydrogen) atoms. The summed E-state index contributed by atoms with van der Waals surface area (Å²) in [6, 6.07) is 1.37. The predicted octanol–water partition coefficient (Wildman–Crippen LogP) is 3.97. The summed E-state index contributed by atoms with van der Waals surface area (Å²) in [6.45, 7) is 0. The molecule has 0 atom stereocenters. The summed E-state index contributed by atoms with van der Waals surface area (Å²) in [7, 11) is 0. The predicted molar refractivity (Wildman–Crippen MR) is 64.2 cm³/mol. The van der Waals surface area contributed by atoms with Crippen LogP contribution in [0.4, 0.5) is 8.78 Å². The monoisotopic (exact) mass is 429 g/mol. The Labute approximate surface area is 107 Å². The van der Waals surface area contributed by atoms with Gasteiger partial charge in [-0.2, -0.15) is 0 Å². The van der Waals surface area contributed by atoms with E-state index in [0.717, 1.165) is 0 Å². The van der Waals surface area contributed by atoms with E-state index in [4.69, 9.17) is 11.6 Å². The molecule has 0 aliphatic rings. The third kappa shape index (κ3) is 2.85. The van der Waals surface area contributed by atoms with Crippen molar-refractivity contribution in [1.29, 1.82) is 0 Å². The zero-order chi connectivity index (χ0) is 10.0. The Morgan fingerprint density at radius 3 is 2.54 bits per heavy atom. The van der Waals surface area contributed by atoms with E-state index in [0.29, 0.717) is 13.0 Å². The molecule has 1 aromatic rings. The van der Waals surface area contributed by atoms with Gasteiger partial charge in [0.15, 0.2) is 0 Å². The lowest BCUT2D eigenvalue weighted by Gasteiger charge is -2.08. The third-order valence-electron chi connectivity index (χ3n) is 1.45. The molecule has 1 aromatic heterocycles. The Morgan fingerprint density at radius 1 is 1.46 bits per heavy atom. The summed E-state index contributed by atoms with van der Waals surface area (Å²) in [5.74, 6) is 0.0713. The van der Waals surface area contributed by atoms with Gasteiger partial charge in [0, 0.05) is 11.1 Å². The van der Waals surface area contributed by atoms with Crippen LogP contribution in [-0.2, 0) is 5.88 Å². The van der Waals surface area contributed by atoms with Crippen molar-refractivity contribution < 1.29 is 8.78 Å². The second kappa shape index (κ2) is 5.01. The van der Waals surface area contributed by atoms with Crippen LogP contribution in [0.5, 0.6) is 0 Å². The van der Waals surface area contributed by atoms with E-state index in [1.54, 1.807) is 0 Å². The Kier molecular flexibility index (Phi) is 4.56. The van der Waals surface area contributed by atoms with Gasteiger partial charge in [-0.1, -0.05) is 0 Å². The van der Waals surface area contributed by atoms with Crippen molar-refractivity contribution in [2.75, 3.05) is 0 Å². The van der Waals surface area contributed by atoms with Crippen molar-refractivity contribution >= 4 is 56.8 Å². The molecule has 0 amide bonds. The fourth-order valence-electron chi connectivity index (χ4n) is 0.855. The highest BCUT2D eigenvalue weighted by Crippen LogP contribution is 2.28. The van der Waals surface area contributed by atoms with E-state index in [1.165, 1.54) is 6.07 Å². The molecular weight excluding hydrogens is 425 g/mol. The van der Waals surface area contributed by atoms with Crippen molar-refractivity contribution in [3.8, 4) is 0 Å². The van der Waals surface area contributed by atoms with E-state index in [1.807, 2.05) is 45.2 Å². The molecule has 0 aliphatic heterocycles. The summed E-state index contributed by atoms with van der Waals surface area (Å²) < 4.78 is 26.1. The lowest BCUT2D eigenvalue weighted by atomic mass is 10.2. The number of nitrogens with zero attached hydrogens (tertiary/aromatic N) is 1. The molecule has 6 heteroatoms. The molecule has 0 aliphatic carbocycles. The summed E-state index contributed by atoms with van der Waals surface area (Å²) in [6.07, 6.45) is -2.49. The highest BCUT2D eigenvalue weighted by molar-refractivity contribution is 14.1. The zero-order valence-corrected chi connectivity index (χ0v) is 11.3. The standard InChI is InChI=1S/C7H4ClF2I2N/c8-2-4-3(6(9)10)1-5(11)13-7(4)12/h1,6H,2H2. The highest BCUT2D eigenvalue weighted by Gasteiger charge is 2.16. The van der Waals surface area contributed by atoms with Crippen LogP contribution in [0.1, 0.15) is 17.6 Å². The van der Waals surface area contributed by atoms with Gasteiger partial charge in [-0.15, -0.1) is 11.6 Å². The first-order valence-corrected chi connectivity index (χ1v) is 5.94. The molecule has 0 saturated heterocycles. The second-order valence-electron chi connectivity index (χ2n) is 2.24. The van der Waals surface area contributed by atoms with Gasteiger partial charge in [-0.3, -0.25) is 0 Å². The van der Waals surface area contributed by atoms with Gasteiger partial charge in [-0.05, 0) is 51.2 Å². The fourth-order valence-corrected chi connectivity index (χ4v) is 3.16. The van der Waals surface area contributed by atoms with E-state index in [9.17, 15) is 8.78 Å². The number of pyridine rings is 1. The van der Waals surface area contributed by atoms with Gasteiger partial charge < -0.3 is 0 Å². The van der Waals surface area contributed by atoms with Crippen molar-refractivity contribution in [3.63, 3.8) is 0 Å². The average Bonchev–Trinajstić information content (AvgIpc) is 2.02. The maximum absolute atomic E-state index is 12.5. The van der Waals surface area contributed by atoms with Gasteiger partial charge in [0.05, 0.1) is 5.88 Å². The van der Waals surface area contributed by atoms with Crippen LogP contribution in [0.25, 0.3) is 0 Å². The highest BCUT2D eigenvalue weighted by atomic mass is 127. The van der Waals surface area contributed by atoms with Crippen LogP contribution >= 0.6 is 56.8 Å². The number of halogens is 5. The quantitative estimate of drug-likeness (QED) is 0.394. The van der Waals surface area contributed by atoms with Crippen molar-refractivity contribution in [2.24, 2.45) is 0 Å². The van der Waals surface area contributed by atoms with Gasteiger partial charge >= 0.3 is 0 Å². The Hall–Kier alpha value is 0.760. The second-order valence-corrected chi connectivity index (χ2v) is 4.63. The molecule has 0 saturated carbocycles. The summed E-state index contributed by atoms with van der Waals surface area (Å²) in [4.78, 5) is 4.04. The zero-order valence-electron chi connectivity index (χ0n) is 6.20. The van der Waals surface area contributed by atoms with Crippen molar-refractivity contribution in [3.05, 3.63) is 24.6 Å². The molecule has 1 rings (SSSR count). The van der Waals surface area contributed by atoms with Crippen LogP contribution in [0, 0.1) is 7.40 Å². The number of hydrogen-bond acceptors (Lipinski definition) is 1. The van der Waals surface area contributed by atoms with Gasteiger partial charge in [-0.25, -0.2) is 13.8 Å². The van der Waals surface area contributed by atoms with Gasteiger partial charge in [0.1, 0.15) is 7.40 Å². The Balaban J connectivity index is 3.29. The summed E-state index contributed by atoms with van der Waals surface area (Å²) in [5.41, 5.74) is 0.413. The molecule has 0 spiro atoms. The first-order valence-electron chi connectivity index (χ1n) is 3.25. The van der Waals surface area contributed by atoms with Crippen LogP contribution < -0.4 is 0 Å². The molecule has 0 unspecified atom stereocenters. The smallest absolute Gasteiger partial charge is 0.236 e. The van der Waals surface area contributed by atoms with Crippen molar-refractivity contribution in [2.45, 2.75) is 12.3 Å². The van der Waals surface area contributed by atoms with Crippen molar-refractivity contribution in [1.82, 2.24) is 4.98 Å². The molecule has 0 aromatic carbocycles. The molecule has 0 radical (unpaired) electrons. The van der Waals surface area contributed by atoms with Crippen LogP contribution in [0.3, 0.4) is 0 Å². The Bertz CT molecular complexity index is 320. The molecule has 0 N–H and O–H groups in total. The number of rotatable bonds is 2. The number of aromatic nitrogens is 1. The van der Waals surface area contributed by atoms with Crippen LogP contribution in [0.15, 0.2) is 6.07 Å². The fraction of sp³-hybridized carbons (Fsp3) is 0.286. The molecule has 72 valence electrons. The van der Waals surface area contributed by atoms with E-state index < -0.39 is 6.43 Å². The maximum atomic E-state index is 12.5. The molecule has 1 heterocycles. The third-order valence-corrected chi connectivity index (χ3v) is 3.16. The first kappa shape index (κ1) is 11.8. The van der Waals surface area contributed by atoms with Crippen LogP contribution in [-0.4, -0.2) is 4.98 Å². The summed E-state index contributed by atoms with van der Waals surface area (Å²) >= 11 is 9.37. The molecule has 1 nitrogen and oxygen atoms in total. The van der Waals surface area contributed by atoms with Gasteiger partial charge in [0.2, 0.25) is 0 Å². The molecule has 0 fully saturated rings. The largest absolute Gasteiger partial charge is 0.264 e. The normalized spacial score (nSPS) is 10.9. The SMILES string of the molecule is FC(F)c1cc(I)nc(I)c1CCl. The molecule has 0 bridgehead atoms. The minimum absolute atomic E-state index is 0.0150. The average molecular weight is 429 g/mol. The molecular formula is C7H4ClF2I2N. The van der Waals surface area contributed by atoms with Gasteiger partial charge in [0.25, 0.3) is 6.43 Å². The lowest BCUT2D eigenvalue weighted by molar-refractivity contribution is 0.150. The minimum Gasteiger partial charge on any atom is -0.236 e. The Morgan fingerprint density at radius 2 is 2.08 bits per heavy atom. The maximum Gasteiger partial charge on any atom is 0.264 e. The summed E-state index contributed by atoms with van der Waals surface area (Å²) in [5, 5.41) is 0. The number of hydrogen-bond donors (Lipinski definition) is 0. The lowest BCUT2D eigenvalue weighted by Crippen LogP contribution is -2.00. The van der Waals surface area contributed by atoms with E-state index in [2.05, 4.69) is 4.98 Å². The topological polar surface area (TPSA) is 12.9 Å².